The van der Waals surface area contributed by atoms with Gasteiger partial charge >= 0.3 is 0 Å². The van der Waals surface area contributed by atoms with Crippen molar-refractivity contribution in [2.24, 2.45) is 5.92 Å². The van der Waals surface area contributed by atoms with Crippen LogP contribution in [0.25, 0.3) is 0 Å². The van der Waals surface area contributed by atoms with Crippen molar-refractivity contribution in [1.82, 2.24) is 4.90 Å². The molecule has 0 amide bonds. The van der Waals surface area contributed by atoms with E-state index in [1.807, 2.05) is 36.4 Å². The first-order valence-electron chi connectivity index (χ1n) is 10.7. The third kappa shape index (κ3) is 4.40. The fourth-order valence-electron chi connectivity index (χ4n) is 4.98. The van der Waals surface area contributed by atoms with Gasteiger partial charge in [0.1, 0.15) is 5.75 Å². The Bertz CT molecular complexity index is 822. The quantitative estimate of drug-likeness (QED) is 0.778. The number of piperazine rings is 1. The standard InChI is InChI=1S/C24H31ClN2O2/c1-29-23-11-3-2-10-22(23)27-15-13-26(14-16-27)18-20-7-4-5-12-24(20,28)19-8-6-9-21(25)17-19/h2-3,6,8-11,17,20,28H,4-5,7,12-16,18H2,1H3. The van der Waals surface area contributed by atoms with Crippen LogP contribution in [0.15, 0.2) is 48.5 Å². The SMILES string of the molecule is COc1ccccc1N1CCN(CC2CCCCC2(O)c2cccc(Cl)c2)CC1. The van der Waals surface area contributed by atoms with Crippen molar-refractivity contribution in [2.45, 2.75) is 31.3 Å². The van der Waals surface area contributed by atoms with Crippen LogP contribution < -0.4 is 9.64 Å². The fourth-order valence-corrected chi connectivity index (χ4v) is 5.17. The maximum Gasteiger partial charge on any atom is 0.142 e. The first-order valence-corrected chi connectivity index (χ1v) is 11.1. The van der Waals surface area contributed by atoms with Gasteiger partial charge in [0.25, 0.3) is 0 Å². The molecule has 2 unspecified atom stereocenters. The highest BCUT2D eigenvalue weighted by Gasteiger charge is 2.41. The minimum atomic E-state index is -0.775. The normalized spacial score (nSPS) is 25.8. The van der Waals surface area contributed by atoms with Gasteiger partial charge in [-0.25, -0.2) is 0 Å². The Morgan fingerprint density at radius 3 is 2.62 bits per heavy atom. The van der Waals surface area contributed by atoms with Gasteiger partial charge in [-0.2, -0.15) is 0 Å². The number of hydrogen-bond acceptors (Lipinski definition) is 4. The molecule has 4 nitrogen and oxygen atoms in total. The predicted octanol–water partition coefficient (Wildman–Crippen LogP) is 4.55. The van der Waals surface area contributed by atoms with Gasteiger partial charge in [0.05, 0.1) is 18.4 Å². The number of rotatable bonds is 5. The molecule has 0 bridgehead atoms. The van der Waals surface area contributed by atoms with Crippen LogP contribution in [0, 0.1) is 5.92 Å². The molecule has 156 valence electrons. The van der Waals surface area contributed by atoms with Crippen LogP contribution in [0.1, 0.15) is 31.2 Å². The summed E-state index contributed by atoms with van der Waals surface area (Å²) in [7, 11) is 1.73. The molecular formula is C24H31ClN2O2. The summed E-state index contributed by atoms with van der Waals surface area (Å²) < 4.78 is 5.53. The number of aliphatic hydroxyl groups is 1. The summed E-state index contributed by atoms with van der Waals surface area (Å²) in [5.74, 6) is 1.18. The zero-order chi connectivity index (χ0) is 20.3. The van der Waals surface area contributed by atoms with Crippen molar-refractivity contribution in [3.8, 4) is 5.75 Å². The summed E-state index contributed by atoms with van der Waals surface area (Å²) in [5.41, 5.74) is 1.37. The molecule has 5 heteroatoms. The third-order valence-corrected chi connectivity index (χ3v) is 6.87. The molecule has 1 saturated heterocycles. The van der Waals surface area contributed by atoms with Crippen LogP contribution in [0.5, 0.6) is 5.75 Å². The smallest absolute Gasteiger partial charge is 0.142 e. The third-order valence-electron chi connectivity index (χ3n) is 6.64. The lowest BCUT2D eigenvalue weighted by Gasteiger charge is -2.44. The van der Waals surface area contributed by atoms with Crippen molar-refractivity contribution in [3.63, 3.8) is 0 Å². The van der Waals surface area contributed by atoms with Crippen LogP contribution in [-0.4, -0.2) is 49.8 Å². The number of para-hydroxylation sites is 2. The van der Waals surface area contributed by atoms with E-state index in [1.54, 1.807) is 7.11 Å². The van der Waals surface area contributed by atoms with E-state index in [4.69, 9.17) is 16.3 Å². The maximum absolute atomic E-state index is 11.6. The number of benzene rings is 2. The molecule has 29 heavy (non-hydrogen) atoms. The monoisotopic (exact) mass is 414 g/mol. The van der Waals surface area contributed by atoms with E-state index in [1.165, 1.54) is 12.1 Å². The van der Waals surface area contributed by atoms with E-state index >= 15 is 0 Å². The van der Waals surface area contributed by atoms with Gasteiger partial charge in [0.15, 0.2) is 0 Å². The van der Waals surface area contributed by atoms with E-state index in [0.29, 0.717) is 5.02 Å². The highest BCUT2D eigenvalue weighted by Crippen LogP contribution is 2.43. The summed E-state index contributed by atoms with van der Waals surface area (Å²) in [6, 6.07) is 16.0. The lowest BCUT2D eigenvalue weighted by atomic mass is 9.71. The molecule has 2 atom stereocenters. The second-order valence-electron chi connectivity index (χ2n) is 8.34. The molecule has 2 aromatic rings. The number of anilines is 1. The fraction of sp³-hybridized carbons (Fsp3) is 0.500. The molecule has 0 aromatic heterocycles. The van der Waals surface area contributed by atoms with Crippen molar-refractivity contribution in [2.75, 3.05) is 44.7 Å². The van der Waals surface area contributed by atoms with E-state index in [-0.39, 0.29) is 5.92 Å². The Morgan fingerprint density at radius 1 is 1.07 bits per heavy atom. The van der Waals surface area contributed by atoms with Crippen molar-refractivity contribution in [1.29, 1.82) is 0 Å². The van der Waals surface area contributed by atoms with E-state index in [0.717, 1.165) is 63.3 Å². The van der Waals surface area contributed by atoms with Gasteiger partial charge in [-0.15, -0.1) is 0 Å². The largest absolute Gasteiger partial charge is 0.495 e. The molecular weight excluding hydrogens is 384 g/mol. The van der Waals surface area contributed by atoms with Crippen molar-refractivity contribution >= 4 is 17.3 Å². The summed E-state index contributed by atoms with van der Waals surface area (Å²) >= 11 is 6.23. The highest BCUT2D eigenvalue weighted by atomic mass is 35.5. The number of ether oxygens (including phenoxy) is 1. The second kappa shape index (κ2) is 8.95. The van der Waals surface area contributed by atoms with Gasteiger partial charge in [-0.3, -0.25) is 4.90 Å². The summed E-state index contributed by atoms with van der Waals surface area (Å²) in [6.45, 7) is 4.88. The number of methoxy groups -OCH3 is 1. The Labute approximate surface area is 179 Å². The summed E-state index contributed by atoms with van der Waals surface area (Å²) in [6.07, 6.45) is 4.14. The first-order chi connectivity index (χ1) is 14.1. The van der Waals surface area contributed by atoms with Crippen LogP contribution in [0.2, 0.25) is 5.02 Å². The zero-order valence-corrected chi connectivity index (χ0v) is 17.9. The average molecular weight is 415 g/mol. The zero-order valence-electron chi connectivity index (χ0n) is 17.2. The predicted molar refractivity (Wildman–Crippen MR) is 119 cm³/mol. The van der Waals surface area contributed by atoms with E-state index in [2.05, 4.69) is 21.9 Å². The van der Waals surface area contributed by atoms with Crippen LogP contribution in [0.4, 0.5) is 5.69 Å². The van der Waals surface area contributed by atoms with Crippen molar-refractivity contribution < 1.29 is 9.84 Å². The number of hydrogen-bond donors (Lipinski definition) is 1. The van der Waals surface area contributed by atoms with Crippen LogP contribution in [-0.2, 0) is 5.60 Å². The lowest BCUT2D eigenvalue weighted by molar-refractivity contribution is -0.0660. The molecule has 1 aliphatic carbocycles. The lowest BCUT2D eigenvalue weighted by Crippen LogP contribution is -2.51. The minimum Gasteiger partial charge on any atom is -0.495 e. The molecule has 2 aromatic carbocycles. The maximum atomic E-state index is 11.6. The van der Waals surface area contributed by atoms with Gasteiger partial charge in [-0.05, 0) is 42.7 Å². The number of halogens is 1. The minimum absolute atomic E-state index is 0.243. The molecule has 1 saturated carbocycles. The number of nitrogens with zero attached hydrogens (tertiary/aromatic N) is 2. The Morgan fingerprint density at radius 2 is 1.86 bits per heavy atom. The van der Waals surface area contributed by atoms with Crippen molar-refractivity contribution in [3.05, 3.63) is 59.1 Å². The highest BCUT2D eigenvalue weighted by molar-refractivity contribution is 6.30. The molecule has 0 radical (unpaired) electrons. The average Bonchev–Trinajstić information content (AvgIpc) is 2.76. The second-order valence-corrected chi connectivity index (χ2v) is 8.77. The summed E-state index contributed by atoms with van der Waals surface area (Å²) in [5, 5.41) is 12.3. The van der Waals surface area contributed by atoms with E-state index in [9.17, 15) is 5.11 Å². The Hall–Kier alpha value is -1.75. The van der Waals surface area contributed by atoms with Gasteiger partial charge in [0.2, 0.25) is 0 Å². The molecule has 1 heterocycles. The molecule has 1 aliphatic heterocycles. The van der Waals surface area contributed by atoms with E-state index < -0.39 is 5.60 Å². The van der Waals surface area contributed by atoms with Gasteiger partial charge in [-0.1, -0.05) is 48.7 Å². The van der Waals surface area contributed by atoms with Gasteiger partial charge in [0, 0.05) is 43.7 Å². The van der Waals surface area contributed by atoms with Gasteiger partial charge < -0.3 is 14.7 Å². The van der Waals surface area contributed by atoms with Crippen LogP contribution >= 0.6 is 11.6 Å². The first kappa shape index (κ1) is 20.5. The molecule has 4 rings (SSSR count). The Kier molecular flexibility index (Phi) is 6.33. The molecule has 0 spiro atoms. The molecule has 2 fully saturated rings. The molecule has 1 N–H and O–H groups in total. The molecule has 2 aliphatic rings. The van der Waals surface area contributed by atoms with Crippen LogP contribution in [0.3, 0.4) is 0 Å². The Balaban J connectivity index is 1.42. The summed E-state index contributed by atoms with van der Waals surface area (Å²) in [4.78, 5) is 4.91. The topological polar surface area (TPSA) is 35.9 Å².